The van der Waals surface area contributed by atoms with E-state index in [9.17, 15) is 0 Å². The van der Waals surface area contributed by atoms with E-state index in [0.29, 0.717) is 0 Å². The number of para-hydroxylation sites is 1. The molecule has 2 heterocycles. The number of nitrogens with two attached hydrogens (primary N) is 2. The van der Waals surface area contributed by atoms with E-state index in [2.05, 4.69) is 181 Å². The Hall–Kier alpha value is -7.43. The Morgan fingerprint density at radius 3 is 1.82 bits per heavy atom. The summed E-state index contributed by atoms with van der Waals surface area (Å²) in [6.45, 7) is 0. The van der Waals surface area contributed by atoms with Crippen LogP contribution < -0.4 is 11.5 Å². The lowest BCUT2D eigenvalue weighted by molar-refractivity contribution is 1.05. The average molecular weight is 735 g/mol. The zero-order valence-corrected chi connectivity index (χ0v) is 31.6. The summed E-state index contributed by atoms with van der Waals surface area (Å²) in [7, 11) is 0. The van der Waals surface area contributed by atoms with E-state index in [1.165, 1.54) is 43.8 Å². The van der Waals surface area contributed by atoms with Crippen LogP contribution in [0.5, 0.6) is 0 Å². The monoisotopic (exact) mass is 734 g/mol. The van der Waals surface area contributed by atoms with Crippen molar-refractivity contribution in [2.24, 2.45) is 11.5 Å². The smallest absolute Gasteiger partial charge is 0.145 e. The van der Waals surface area contributed by atoms with Crippen LogP contribution in [-0.2, 0) is 0 Å². The first-order valence-corrected chi connectivity index (χ1v) is 19.4. The van der Waals surface area contributed by atoms with Gasteiger partial charge in [0.15, 0.2) is 0 Å². The van der Waals surface area contributed by atoms with Gasteiger partial charge in [0, 0.05) is 34.6 Å². The number of unbranched alkanes of at least 4 members (excludes halogenated alkanes) is 1. The van der Waals surface area contributed by atoms with Crippen LogP contribution in [0.3, 0.4) is 0 Å². The van der Waals surface area contributed by atoms with Gasteiger partial charge in [-0.25, -0.2) is 4.98 Å². The first kappa shape index (κ1) is 35.3. The zero-order valence-electron chi connectivity index (χ0n) is 31.6. The van der Waals surface area contributed by atoms with Crippen LogP contribution in [0.2, 0.25) is 0 Å². The highest BCUT2D eigenvalue weighted by atomic mass is 15.0. The van der Waals surface area contributed by atoms with Gasteiger partial charge in [-0.1, -0.05) is 146 Å². The van der Waals surface area contributed by atoms with Crippen molar-refractivity contribution >= 4 is 54.8 Å². The second-order valence-electron chi connectivity index (χ2n) is 14.2. The highest BCUT2D eigenvalue weighted by Gasteiger charge is 2.18. The third-order valence-corrected chi connectivity index (χ3v) is 10.7. The fourth-order valence-electron chi connectivity index (χ4n) is 8.07. The molecular formula is C53H42N4. The molecule has 4 N–H and O–H groups in total. The van der Waals surface area contributed by atoms with Crippen molar-refractivity contribution in [3.05, 3.63) is 218 Å². The average Bonchev–Trinajstić information content (AvgIpc) is 3.60. The molecule has 0 amide bonds. The van der Waals surface area contributed by atoms with Gasteiger partial charge in [-0.2, -0.15) is 0 Å². The first-order chi connectivity index (χ1) is 28.2. The minimum absolute atomic E-state index is 0.727. The number of hydrogen-bond acceptors (Lipinski definition) is 3. The van der Waals surface area contributed by atoms with Gasteiger partial charge in [0.05, 0.1) is 5.52 Å². The van der Waals surface area contributed by atoms with Gasteiger partial charge in [-0.05, 0) is 122 Å². The second-order valence-corrected chi connectivity index (χ2v) is 14.2. The van der Waals surface area contributed by atoms with E-state index in [1.807, 2.05) is 24.4 Å². The summed E-state index contributed by atoms with van der Waals surface area (Å²) in [4.78, 5) is 4.74. The van der Waals surface area contributed by atoms with Crippen LogP contribution in [-0.4, -0.2) is 9.55 Å². The summed E-state index contributed by atoms with van der Waals surface area (Å²) in [6, 6.07) is 57.7. The molecule has 274 valence electrons. The SMILES string of the molecule is N/C=C(\C=C/CC/C=C\C=C(/N)c1ccc2c(-c3ccccc3)c3ccccc3c(-c3ccccc3)c2c1)c1ccc2c(c1)c1cccnc1n2-c1ccccc1. The number of allylic oxidation sites excluding steroid dienone is 6. The van der Waals surface area contributed by atoms with Gasteiger partial charge >= 0.3 is 0 Å². The summed E-state index contributed by atoms with van der Waals surface area (Å²) in [5.41, 5.74) is 24.7. The molecule has 0 saturated heterocycles. The molecule has 0 saturated carbocycles. The fraction of sp³-hybridized carbons (Fsp3) is 0.0377. The molecule has 7 aromatic carbocycles. The van der Waals surface area contributed by atoms with Crippen molar-refractivity contribution in [1.82, 2.24) is 9.55 Å². The number of rotatable bonds is 10. The molecule has 9 aromatic rings. The normalized spacial score (nSPS) is 12.6. The molecule has 0 aliphatic carbocycles. The number of pyridine rings is 1. The summed E-state index contributed by atoms with van der Waals surface area (Å²) < 4.78 is 2.22. The van der Waals surface area contributed by atoms with Crippen molar-refractivity contribution in [2.75, 3.05) is 0 Å². The number of aromatic nitrogens is 2. The van der Waals surface area contributed by atoms with E-state index in [1.54, 1.807) is 6.20 Å². The van der Waals surface area contributed by atoms with E-state index in [4.69, 9.17) is 16.5 Å². The molecule has 2 aromatic heterocycles. The molecule has 0 atom stereocenters. The van der Waals surface area contributed by atoms with Crippen LogP contribution in [0.1, 0.15) is 24.0 Å². The van der Waals surface area contributed by atoms with Gasteiger partial charge in [0.25, 0.3) is 0 Å². The summed E-state index contributed by atoms with van der Waals surface area (Å²) in [5.74, 6) is 0. The Balaban J connectivity index is 0.952. The molecule has 0 spiro atoms. The molecule has 0 unspecified atom stereocenters. The number of nitrogens with zero attached hydrogens (tertiary/aromatic N) is 2. The van der Waals surface area contributed by atoms with E-state index < -0.39 is 0 Å². The first-order valence-electron chi connectivity index (χ1n) is 19.4. The summed E-state index contributed by atoms with van der Waals surface area (Å²) in [5, 5.41) is 7.11. The van der Waals surface area contributed by atoms with Crippen molar-refractivity contribution in [2.45, 2.75) is 12.8 Å². The quantitative estimate of drug-likeness (QED) is 0.0835. The molecule has 0 bridgehead atoms. The molecule has 9 rings (SSSR count). The molecule has 0 aliphatic rings. The Bertz CT molecular complexity index is 3010. The highest BCUT2D eigenvalue weighted by Crippen LogP contribution is 2.44. The topological polar surface area (TPSA) is 69.9 Å². The lowest BCUT2D eigenvalue weighted by atomic mass is 9.85. The number of fused-ring (bicyclic) bond motifs is 5. The van der Waals surface area contributed by atoms with Gasteiger partial charge < -0.3 is 11.5 Å². The molecule has 57 heavy (non-hydrogen) atoms. The van der Waals surface area contributed by atoms with Gasteiger partial charge in [0.1, 0.15) is 5.65 Å². The summed E-state index contributed by atoms with van der Waals surface area (Å²) in [6.07, 6.45) is 15.8. The predicted octanol–water partition coefficient (Wildman–Crippen LogP) is 13.0. The van der Waals surface area contributed by atoms with Gasteiger partial charge in [-0.3, -0.25) is 4.57 Å². The minimum atomic E-state index is 0.727. The number of hydrogen-bond donors (Lipinski definition) is 2. The third-order valence-electron chi connectivity index (χ3n) is 10.7. The fourth-order valence-corrected chi connectivity index (χ4v) is 8.07. The molecule has 0 aliphatic heterocycles. The van der Waals surface area contributed by atoms with Crippen LogP contribution in [0.4, 0.5) is 0 Å². The largest absolute Gasteiger partial charge is 0.404 e. The van der Waals surface area contributed by atoms with E-state index >= 15 is 0 Å². The van der Waals surface area contributed by atoms with Crippen molar-refractivity contribution < 1.29 is 0 Å². The lowest BCUT2D eigenvalue weighted by Crippen LogP contribution is -1.97. The third kappa shape index (κ3) is 6.79. The standard InChI is InChI=1S/C53H42N4/c54-36-41(39-30-32-50-47(34-39)46-27-17-33-56-53(46)57(50)42-23-12-6-13-24-42)22-7-2-1-3-14-28-49(55)40-29-31-45-48(35-40)52(38-20-10-5-11-21-38)44-26-16-15-25-43(44)51(45)37-18-8-4-9-19-37/h3-36H,1-2,54-55H2/b14-3-,22-7-,41-36+,49-28-. The van der Waals surface area contributed by atoms with E-state index in [0.717, 1.165) is 62.9 Å². The molecule has 0 radical (unpaired) electrons. The molecule has 4 heteroatoms. The lowest BCUT2D eigenvalue weighted by Gasteiger charge is -2.18. The zero-order chi connectivity index (χ0) is 38.6. The van der Waals surface area contributed by atoms with Gasteiger partial charge in [0.2, 0.25) is 0 Å². The maximum atomic E-state index is 6.78. The Morgan fingerprint density at radius 1 is 0.544 bits per heavy atom. The second kappa shape index (κ2) is 15.7. The Kier molecular flexibility index (Phi) is 9.74. The summed E-state index contributed by atoms with van der Waals surface area (Å²) >= 11 is 0. The van der Waals surface area contributed by atoms with Crippen LogP contribution in [0, 0.1) is 0 Å². The van der Waals surface area contributed by atoms with Crippen molar-refractivity contribution in [3.63, 3.8) is 0 Å². The van der Waals surface area contributed by atoms with Crippen LogP contribution in [0.15, 0.2) is 207 Å². The van der Waals surface area contributed by atoms with Crippen LogP contribution in [0.25, 0.3) is 82.7 Å². The van der Waals surface area contributed by atoms with E-state index in [-0.39, 0.29) is 0 Å². The van der Waals surface area contributed by atoms with Gasteiger partial charge in [-0.15, -0.1) is 0 Å². The Labute approximate surface area is 333 Å². The van der Waals surface area contributed by atoms with Crippen molar-refractivity contribution in [3.8, 4) is 27.9 Å². The molecular weight excluding hydrogens is 693 g/mol. The minimum Gasteiger partial charge on any atom is -0.404 e. The maximum absolute atomic E-state index is 6.78. The predicted molar refractivity (Wildman–Crippen MR) is 243 cm³/mol. The molecule has 4 nitrogen and oxygen atoms in total. The van der Waals surface area contributed by atoms with Crippen LogP contribution >= 0.6 is 0 Å². The van der Waals surface area contributed by atoms with Crippen molar-refractivity contribution in [1.29, 1.82) is 0 Å². The number of benzene rings is 7. The molecule has 0 fully saturated rings. The highest BCUT2D eigenvalue weighted by molar-refractivity contribution is 6.21. The maximum Gasteiger partial charge on any atom is 0.145 e. The Morgan fingerprint density at radius 2 is 1.12 bits per heavy atom.